The number of quaternary nitrogens is 1. The average molecular weight is 249 g/mol. The molecule has 0 aliphatic carbocycles. The summed E-state index contributed by atoms with van der Waals surface area (Å²) >= 11 is 3.37. The lowest BCUT2D eigenvalue weighted by molar-refractivity contribution is -0.349. The molecule has 0 fully saturated rings. The highest BCUT2D eigenvalue weighted by atomic mass is 79.9. The lowest BCUT2D eigenvalue weighted by Crippen LogP contribution is -3.00. The molecule has 0 saturated heterocycles. The van der Waals surface area contributed by atoms with Crippen molar-refractivity contribution in [1.29, 1.82) is 0 Å². The van der Waals surface area contributed by atoms with Crippen molar-refractivity contribution in [1.82, 2.24) is 0 Å². The maximum absolute atomic E-state index is 3.90. The predicted octanol–water partition coefficient (Wildman–Crippen LogP) is -1.29. The largest absolute Gasteiger partial charge is 1.00 e. The maximum atomic E-state index is 3.90. The van der Waals surface area contributed by atoms with Gasteiger partial charge in [0.2, 0.25) is 0 Å². The minimum atomic E-state index is 0. The number of benzene rings is 1. The van der Waals surface area contributed by atoms with E-state index in [1.54, 1.807) is 0 Å². The van der Waals surface area contributed by atoms with Gasteiger partial charge in [-0.15, -0.1) is 0 Å². The fourth-order valence-electron chi connectivity index (χ4n) is 0.830. The summed E-state index contributed by atoms with van der Waals surface area (Å²) in [4.78, 5) is 0. The molecule has 0 heterocycles. The highest BCUT2D eigenvalue weighted by Gasteiger charge is 1.96. The van der Waals surface area contributed by atoms with Gasteiger partial charge >= 0.3 is 0 Å². The molecule has 1 nitrogen and oxygen atoms in total. The number of hydrogen-bond donors (Lipinski definition) is 1. The third kappa shape index (κ3) is 2.97. The second-order valence-electron chi connectivity index (χ2n) is 2.36. The van der Waals surface area contributed by atoms with Crippen LogP contribution in [0, 0.1) is 0 Å². The van der Waals surface area contributed by atoms with E-state index in [0.29, 0.717) is 0 Å². The molecule has 1 aromatic carbocycles. The summed E-state index contributed by atoms with van der Waals surface area (Å²) in [6, 6.07) is 8.10. The van der Waals surface area contributed by atoms with Crippen LogP contribution in [0.3, 0.4) is 0 Å². The number of rotatable bonds is 2. The first-order valence-electron chi connectivity index (χ1n) is 3.47. The molecule has 0 unspecified atom stereocenters. The van der Waals surface area contributed by atoms with Crippen LogP contribution < -0.4 is 18.1 Å². The van der Waals surface area contributed by atoms with Crippen LogP contribution in [0.4, 0.5) is 0 Å². The smallest absolute Gasteiger partial charge is 0.0997 e. The summed E-state index contributed by atoms with van der Waals surface area (Å²) in [6.07, 6.45) is 0. The molecule has 0 atom stereocenters. The second kappa shape index (κ2) is 5.36. The molecule has 0 saturated carbocycles. The van der Waals surface area contributed by atoms with Crippen molar-refractivity contribution in [2.75, 3.05) is 6.54 Å². The zero-order valence-electron chi connectivity index (χ0n) is 6.69. The molecule has 0 aliphatic rings. The Bertz CT molecular complexity index is 256. The Morgan fingerprint density at radius 2 is 1.83 bits per heavy atom. The van der Waals surface area contributed by atoms with Crippen molar-refractivity contribution < 1.29 is 18.1 Å². The Morgan fingerprint density at radius 1 is 1.33 bits per heavy atom. The van der Waals surface area contributed by atoms with Gasteiger partial charge in [0.15, 0.2) is 0 Å². The van der Waals surface area contributed by atoms with Crippen molar-refractivity contribution in [2.24, 2.45) is 0 Å². The van der Waals surface area contributed by atoms with Gasteiger partial charge in [-0.25, -0.2) is 0 Å². The highest BCUT2D eigenvalue weighted by Crippen LogP contribution is 2.14. The normalized spacial score (nSPS) is 8.83. The van der Waals surface area contributed by atoms with E-state index in [1.807, 2.05) is 24.3 Å². The Balaban J connectivity index is 0.00000121. The van der Waals surface area contributed by atoms with Gasteiger partial charge in [0, 0.05) is 10.0 Å². The summed E-state index contributed by atoms with van der Waals surface area (Å²) in [5.41, 5.74) is 6.02. The first-order valence-corrected chi connectivity index (χ1v) is 4.26. The van der Waals surface area contributed by atoms with Gasteiger partial charge in [-0.1, -0.05) is 34.6 Å². The van der Waals surface area contributed by atoms with Crippen LogP contribution in [0.5, 0.6) is 0 Å². The number of halogens is 2. The topological polar surface area (TPSA) is 27.6 Å². The maximum Gasteiger partial charge on any atom is 0.0997 e. The first-order chi connectivity index (χ1) is 5.24. The van der Waals surface area contributed by atoms with Crippen LogP contribution in [0.1, 0.15) is 5.56 Å². The van der Waals surface area contributed by atoms with Gasteiger partial charge in [-0.3, -0.25) is 0 Å². The number of hydrogen-bond acceptors (Lipinski definition) is 0. The molecule has 0 aromatic heterocycles. The summed E-state index contributed by atoms with van der Waals surface area (Å²) < 4.78 is 1.10. The minimum Gasteiger partial charge on any atom is -1.00 e. The van der Waals surface area contributed by atoms with Gasteiger partial charge in [0.25, 0.3) is 0 Å². The highest BCUT2D eigenvalue weighted by molar-refractivity contribution is 9.10. The molecule has 3 N–H and O–H groups in total. The predicted molar refractivity (Wildman–Crippen MR) is 50.9 cm³/mol. The SMILES string of the molecule is C=C(C[NH3+])c1ccc(Br)cc1.[Cl-]. The molecule has 3 heteroatoms. The molecule has 0 amide bonds. The van der Waals surface area contributed by atoms with Crippen molar-refractivity contribution >= 4 is 21.5 Å². The van der Waals surface area contributed by atoms with E-state index in [9.17, 15) is 0 Å². The zero-order chi connectivity index (χ0) is 8.27. The van der Waals surface area contributed by atoms with Crippen LogP contribution in [0.15, 0.2) is 35.3 Å². The third-order valence-electron chi connectivity index (χ3n) is 1.55. The molecular weight excluding hydrogens is 237 g/mol. The molecule has 0 radical (unpaired) electrons. The second-order valence-corrected chi connectivity index (χ2v) is 3.28. The quantitative estimate of drug-likeness (QED) is 0.675. The summed E-state index contributed by atoms with van der Waals surface area (Å²) in [5.74, 6) is 0. The zero-order valence-corrected chi connectivity index (χ0v) is 9.03. The molecule has 12 heavy (non-hydrogen) atoms. The molecular formula is C9H11BrClN. The average Bonchev–Trinajstić information content (AvgIpc) is 2.05. The van der Waals surface area contributed by atoms with E-state index in [1.165, 1.54) is 5.56 Å². The van der Waals surface area contributed by atoms with Crippen LogP contribution in [-0.2, 0) is 0 Å². The van der Waals surface area contributed by atoms with Gasteiger partial charge in [0.1, 0.15) is 0 Å². The van der Waals surface area contributed by atoms with Gasteiger partial charge < -0.3 is 18.1 Å². The van der Waals surface area contributed by atoms with E-state index < -0.39 is 0 Å². The van der Waals surface area contributed by atoms with Crippen LogP contribution in [0.25, 0.3) is 5.57 Å². The molecule has 0 spiro atoms. The molecule has 1 rings (SSSR count). The fraction of sp³-hybridized carbons (Fsp3) is 0.111. The van der Waals surface area contributed by atoms with E-state index in [-0.39, 0.29) is 12.4 Å². The van der Waals surface area contributed by atoms with E-state index in [4.69, 9.17) is 0 Å². The van der Waals surface area contributed by atoms with Gasteiger partial charge in [-0.2, -0.15) is 0 Å². The van der Waals surface area contributed by atoms with E-state index in [2.05, 4.69) is 28.2 Å². The lowest BCUT2D eigenvalue weighted by Gasteiger charge is -1.99. The van der Waals surface area contributed by atoms with Crippen molar-refractivity contribution in [3.8, 4) is 0 Å². The van der Waals surface area contributed by atoms with E-state index >= 15 is 0 Å². The molecule has 0 bridgehead atoms. The van der Waals surface area contributed by atoms with Crippen LogP contribution in [0.2, 0.25) is 0 Å². The third-order valence-corrected chi connectivity index (χ3v) is 2.08. The monoisotopic (exact) mass is 247 g/mol. The van der Waals surface area contributed by atoms with Crippen LogP contribution in [-0.4, -0.2) is 6.54 Å². The molecule has 0 aliphatic heterocycles. The Labute approximate surface area is 87.2 Å². The Kier molecular flexibility index (Phi) is 5.22. The first kappa shape index (κ1) is 11.7. The fourth-order valence-corrected chi connectivity index (χ4v) is 1.09. The van der Waals surface area contributed by atoms with Crippen LogP contribution >= 0.6 is 15.9 Å². The summed E-state index contributed by atoms with van der Waals surface area (Å²) in [6.45, 7) is 4.66. The molecule has 1 aromatic rings. The van der Waals surface area contributed by atoms with E-state index in [0.717, 1.165) is 16.6 Å². The lowest BCUT2D eigenvalue weighted by atomic mass is 10.1. The Morgan fingerprint density at radius 3 is 2.25 bits per heavy atom. The Hall–Kier alpha value is -0.310. The van der Waals surface area contributed by atoms with Crippen molar-refractivity contribution in [3.63, 3.8) is 0 Å². The standard InChI is InChI=1S/C9H10BrN.ClH/c1-7(6-11)8-2-4-9(10)5-3-8;/h2-5H,1,6,11H2;1H. The van der Waals surface area contributed by atoms with Crippen molar-refractivity contribution in [2.45, 2.75) is 0 Å². The van der Waals surface area contributed by atoms with Gasteiger partial charge in [0.05, 0.1) is 6.54 Å². The summed E-state index contributed by atoms with van der Waals surface area (Å²) in [5, 5.41) is 0. The molecule has 66 valence electrons. The summed E-state index contributed by atoms with van der Waals surface area (Å²) in [7, 11) is 0. The van der Waals surface area contributed by atoms with Gasteiger partial charge in [-0.05, 0) is 17.7 Å². The minimum absolute atomic E-state index is 0. The van der Waals surface area contributed by atoms with Crippen molar-refractivity contribution in [3.05, 3.63) is 40.9 Å².